The molecule has 4 nitrogen and oxygen atoms in total. The van der Waals surface area contributed by atoms with Crippen LogP contribution in [0.15, 0.2) is 36.1 Å². The molecular formula is C19H25NO3S. The third-order valence-electron chi connectivity index (χ3n) is 4.64. The fraction of sp³-hybridized carbons (Fsp3) is 0.526. The first-order valence-electron chi connectivity index (χ1n) is 8.80. The number of amides is 1. The van der Waals surface area contributed by atoms with Gasteiger partial charge in [0.15, 0.2) is 0 Å². The van der Waals surface area contributed by atoms with Crippen LogP contribution in [-0.2, 0) is 26.1 Å². The van der Waals surface area contributed by atoms with E-state index in [9.17, 15) is 9.00 Å². The molecule has 1 atom stereocenters. The van der Waals surface area contributed by atoms with Gasteiger partial charge in [-0.25, -0.2) is 0 Å². The van der Waals surface area contributed by atoms with Crippen molar-refractivity contribution in [1.29, 1.82) is 0 Å². The lowest BCUT2D eigenvalue weighted by Gasteiger charge is -2.21. The lowest BCUT2D eigenvalue weighted by atomic mass is 10.0. The number of benzene rings is 1. The molecule has 1 fully saturated rings. The standard InChI is InChI=1S/C19H25NO3S/c21-19(16-7-5-11-23-13-16)20-17-8-4-6-15(12-17)14-24(22)18-9-2-1-3-10-18/h4,6,8,12-13,18H,1-3,5,7,9-11,14H2,(H,20,21)/t24-/m0/s1. The predicted octanol–water partition coefficient (Wildman–Crippen LogP) is 3.90. The molecule has 1 aliphatic carbocycles. The second-order valence-corrected chi connectivity index (χ2v) is 8.27. The molecule has 1 amide bonds. The Morgan fingerprint density at radius 2 is 2.04 bits per heavy atom. The molecule has 1 aromatic rings. The lowest BCUT2D eigenvalue weighted by molar-refractivity contribution is -0.113. The summed E-state index contributed by atoms with van der Waals surface area (Å²) in [4.78, 5) is 12.2. The number of ether oxygens (including phenoxy) is 1. The van der Waals surface area contributed by atoms with E-state index in [0.29, 0.717) is 23.2 Å². The molecule has 0 saturated heterocycles. The molecule has 0 bridgehead atoms. The van der Waals surface area contributed by atoms with Crippen molar-refractivity contribution in [3.63, 3.8) is 0 Å². The molecule has 1 aliphatic heterocycles. The van der Waals surface area contributed by atoms with Gasteiger partial charge in [0, 0.05) is 27.5 Å². The molecule has 3 rings (SSSR count). The van der Waals surface area contributed by atoms with Gasteiger partial charge in [0.2, 0.25) is 0 Å². The normalized spacial score (nSPS) is 19.9. The third kappa shape index (κ3) is 4.69. The van der Waals surface area contributed by atoms with Crippen LogP contribution in [0.4, 0.5) is 5.69 Å². The first-order chi connectivity index (χ1) is 11.7. The van der Waals surface area contributed by atoms with Crippen LogP contribution in [0, 0.1) is 0 Å². The summed E-state index contributed by atoms with van der Waals surface area (Å²) in [5, 5.41) is 3.25. The van der Waals surface area contributed by atoms with Crippen LogP contribution in [0.2, 0.25) is 0 Å². The number of carbonyl (C=O) groups is 1. The third-order valence-corrected chi connectivity index (χ3v) is 6.48. The van der Waals surface area contributed by atoms with Gasteiger partial charge in [-0.3, -0.25) is 9.00 Å². The highest BCUT2D eigenvalue weighted by atomic mass is 32.2. The maximum atomic E-state index is 12.5. The van der Waals surface area contributed by atoms with Crippen molar-refractivity contribution in [3.05, 3.63) is 41.7 Å². The average molecular weight is 347 g/mol. The van der Waals surface area contributed by atoms with Crippen LogP contribution in [0.1, 0.15) is 50.5 Å². The zero-order chi connectivity index (χ0) is 16.8. The molecule has 5 heteroatoms. The number of carbonyl (C=O) groups excluding carboxylic acids is 1. The van der Waals surface area contributed by atoms with E-state index < -0.39 is 10.8 Å². The number of nitrogens with one attached hydrogen (secondary N) is 1. The Labute approximate surface area is 146 Å². The fourth-order valence-electron chi connectivity index (χ4n) is 3.29. The Kier molecular flexibility index (Phi) is 6.07. The highest BCUT2D eigenvalue weighted by Crippen LogP contribution is 2.24. The van der Waals surface area contributed by atoms with Crippen LogP contribution in [0.5, 0.6) is 0 Å². The number of rotatable bonds is 5. The van der Waals surface area contributed by atoms with E-state index in [-0.39, 0.29) is 5.91 Å². The maximum absolute atomic E-state index is 12.5. The molecule has 130 valence electrons. The molecule has 0 radical (unpaired) electrons. The maximum Gasteiger partial charge on any atom is 0.254 e. The molecule has 24 heavy (non-hydrogen) atoms. The minimum atomic E-state index is -0.827. The quantitative estimate of drug-likeness (QED) is 0.879. The first-order valence-corrected chi connectivity index (χ1v) is 10.2. The molecule has 0 unspecified atom stereocenters. The summed E-state index contributed by atoms with van der Waals surface area (Å²) >= 11 is 0. The van der Waals surface area contributed by atoms with Crippen molar-refractivity contribution >= 4 is 22.4 Å². The van der Waals surface area contributed by atoms with E-state index in [1.165, 1.54) is 19.3 Å². The van der Waals surface area contributed by atoms with E-state index in [1.54, 1.807) is 6.26 Å². The Balaban J connectivity index is 1.60. The number of hydrogen-bond acceptors (Lipinski definition) is 3. The zero-order valence-corrected chi connectivity index (χ0v) is 14.8. The minimum absolute atomic E-state index is 0.111. The van der Waals surface area contributed by atoms with Crippen LogP contribution >= 0.6 is 0 Å². The Hall–Kier alpha value is -1.62. The van der Waals surface area contributed by atoms with Crippen molar-refractivity contribution in [3.8, 4) is 0 Å². The highest BCUT2D eigenvalue weighted by molar-refractivity contribution is 7.84. The van der Waals surface area contributed by atoms with Gasteiger partial charge in [0.1, 0.15) is 0 Å². The molecule has 1 aromatic carbocycles. The summed E-state index contributed by atoms with van der Waals surface area (Å²) < 4.78 is 17.8. The van der Waals surface area contributed by atoms with Gasteiger partial charge in [0.05, 0.1) is 18.4 Å². The first kappa shape index (κ1) is 17.2. The number of anilines is 1. The van der Waals surface area contributed by atoms with Crippen LogP contribution in [0.25, 0.3) is 0 Å². The van der Waals surface area contributed by atoms with Gasteiger partial charge in [-0.05, 0) is 43.4 Å². The summed E-state index contributed by atoms with van der Waals surface area (Å²) in [6.45, 7) is 0.680. The van der Waals surface area contributed by atoms with E-state index in [2.05, 4.69) is 5.32 Å². The van der Waals surface area contributed by atoms with Crippen molar-refractivity contribution < 1.29 is 13.7 Å². The highest BCUT2D eigenvalue weighted by Gasteiger charge is 2.20. The molecule has 1 N–H and O–H groups in total. The van der Waals surface area contributed by atoms with Crippen molar-refractivity contribution in [2.24, 2.45) is 0 Å². The smallest absolute Gasteiger partial charge is 0.254 e. The lowest BCUT2D eigenvalue weighted by Crippen LogP contribution is -2.20. The zero-order valence-electron chi connectivity index (χ0n) is 14.0. The summed E-state index contributed by atoms with van der Waals surface area (Å²) in [6.07, 6.45) is 9.01. The second kappa shape index (κ2) is 8.47. The van der Waals surface area contributed by atoms with Crippen molar-refractivity contribution in [2.45, 2.75) is 55.9 Å². The van der Waals surface area contributed by atoms with Crippen molar-refractivity contribution in [1.82, 2.24) is 0 Å². The summed E-state index contributed by atoms with van der Waals surface area (Å²) in [5.41, 5.74) is 2.45. The largest absolute Gasteiger partial charge is 0.501 e. The van der Waals surface area contributed by atoms with Gasteiger partial charge in [-0.15, -0.1) is 0 Å². The van der Waals surface area contributed by atoms with Crippen LogP contribution in [-0.4, -0.2) is 22.0 Å². The topological polar surface area (TPSA) is 55.4 Å². The SMILES string of the molecule is O=C(Nc1cccc(C[S@](=O)C2CCCCC2)c1)C1=COCCC1. The van der Waals surface area contributed by atoms with E-state index in [0.717, 1.165) is 36.9 Å². The van der Waals surface area contributed by atoms with Gasteiger partial charge in [0.25, 0.3) is 5.91 Å². The van der Waals surface area contributed by atoms with Crippen LogP contribution < -0.4 is 5.32 Å². The second-order valence-electron chi connectivity index (χ2n) is 6.56. The molecule has 2 aliphatic rings. The Bertz CT molecular complexity index is 635. The van der Waals surface area contributed by atoms with E-state index in [4.69, 9.17) is 4.74 Å². The van der Waals surface area contributed by atoms with Crippen molar-refractivity contribution in [2.75, 3.05) is 11.9 Å². The molecule has 0 spiro atoms. The summed E-state index contributed by atoms with van der Waals surface area (Å²) in [5.74, 6) is 0.459. The van der Waals surface area contributed by atoms with E-state index in [1.807, 2.05) is 24.3 Å². The molecule has 1 heterocycles. The van der Waals surface area contributed by atoms with Crippen LogP contribution in [0.3, 0.4) is 0 Å². The molecular weight excluding hydrogens is 322 g/mol. The summed E-state index contributed by atoms with van der Waals surface area (Å²) in [6, 6.07) is 7.70. The average Bonchev–Trinajstić information content (AvgIpc) is 2.63. The fourth-order valence-corrected chi connectivity index (χ4v) is 4.89. The Morgan fingerprint density at radius 3 is 2.79 bits per heavy atom. The molecule has 0 aromatic heterocycles. The van der Waals surface area contributed by atoms with Gasteiger partial charge in [-0.2, -0.15) is 0 Å². The van der Waals surface area contributed by atoms with Gasteiger partial charge in [-0.1, -0.05) is 31.4 Å². The number of hydrogen-bond donors (Lipinski definition) is 1. The minimum Gasteiger partial charge on any atom is -0.501 e. The summed E-state index contributed by atoms with van der Waals surface area (Å²) in [7, 11) is -0.827. The van der Waals surface area contributed by atoms with E-state index >= 15 is 0 Å². The molecule has 1 saturated carbocycles. The van der Waals surface area contributed by atoms with Gasteiger partial charge >= 0.3 is 0 Å². The predicted molar refractivity (Wildman–Crippen MR) is 97.1 cm³/mol. The van der Waals surface area contributed by atoms with Gasteiger partial charge < -0.3 is 10.1 Å². The Morgan fingerprint density at radius 1 is 1.21 bits per heavy atom. The monoisotopic (exact) mass is 347 g/mol.